The number of aliphatic hydroxyl groups is 2. The number of hydrogen-bond donors (Lipinski definition) is 2. The van der Waals surface area contributed by atoms with E-state index in [9.17, 15) is 10.2 Å². The Hall–Kier alpha value is -1.06. The molecule has 166 valence electrons. The van der Waals surface area contributed by atoms with E-state index in [1.165, 1.54) is 11.1 Å². The van der Waals surface area contributed by atoms with Crippen molar-refractivity contribution < 1.29 is 29.2 Å². The molecule has 7 atom stereocenters. The lowest BCUT2D eigenvalue weighted by Crippen LogP contribution is -2.62. The number of likely N-dealkylation sites (tertiary alicyclic amines) is 1. The van der Waals surface area contributed by atoms with Gasteiger partial charge in [-0.25, -0.2) is 0 Å². The Morgan fingerprint density at radius 3 is 2.83 bits per heavy atom. The molecule has 7 heteroatoms. The van der Waals surface area contributed by atoms with Crippen LogP contribution in [-0.2, 0) is 18.9 Å². The molecule has 2 heterocycles. The molecule has 2 saturated heterocycles. The van der Waals surface area contributed by atoms with Crippen molar-refractivity contribution in [2.24, 2.45) is 11.3 Å². The molecule has 2 aliphatic heterocycles. The normalized spacial score (nSPS) is 43.9. The summed E-state index contributed by atoms with van der Waals surface area (Å²) < 4.78 is 22.8. The molecule has 2 N–H and O–H groups in total. The minimum atomic E-state index is -0.840. The standard InChI is InChI=1S/C23H33NO6/c1-24-9-7-22-16-4-5-18(25)21(22)30-23(8-10-28-14-29-12-11-27-2)19(26)6-3-15(20(22)23)13-17(16)24/h3-6,16-19,21,25-26H,7-14H2,1-2H3/t16-,17+,18-,19?,21-,22-,23?/m0/s1. The molecule has 0 aromatic rings. The molecule has 2 unspecified atom stereocenters. The fourth-order valence-electron chi connectivity index (χ4n) is 6.66. The summed E-state index contributed by atoms with van der Waals surface area (Å²) in [6.07, 6.45) is 8.71. The van der Waals surface area contributed by atoms with Crippen LogP contribution < -0.4 is 0 Å². The fraction of sp³-hybridized carbons (Fsp3) is 0.739. The van der Waals surface area contributed by atoms with Crippen molar-refractivity contribution in [3.05, 3.63) is 35.5 Å². The van der Waals surface area contributed by atoms with Gasteiger partial charge in [-0.1, -0.05) is 24.3 Å². The van der Waals surface area contributed by atoms with Crippen LogP contribution in [0.4, 0.5) is 0 Å². The van der Waals surface area contributed by atoms with Gasteiger partial charge in [-0.3, -0.25) is 0 Å². The minimum absolute atomic E-state index is 0.186. The van der Waals surface area contributed by atoms with Crippen molar-refractivity contribution in [1.82, 2.24) is 4.90 Å². The van der Waals surface area contributed by atoms with Gasteiger partial charge < -0.3 is 34.1 Å². The van der Waals surface area contributed by atoms with E-state index in [-0.39, 0.29) is 18.3 Å². The zero-order valence-electron chi connectivity index (χ0n) is 17.8. The van der Waals surface area contributed by atoms with E-state index in [4.69, 9.17) is 18.9 Å². The van der Waals surface area contributed by atoms with Gasteiger partial charge in [-0.05, 0) is 37.6 Å². The third-order valence-corrected chi connectivity index (χ3v) is 7.94. The third-order valence-electron chi connectivity index (χ3n) is 7.94. The molecule has 0 aromatic carbocycles. The number of rotatable bonds is 8. The molecule has 5 rings (SSSR count). The van der Waals surface area contributed by atoms with Gasteiger partial charge >= 0.3 is 0 Å². The van der Waals surface area contributed by atoms with Crippen LogP contribution in [0.1, 0.15) is 19.3 Å². The first-order valence-electron chi connectivity index (χ1n) is 11.0. The molecule has 2 fully saturated rings. The third kappa shape index (κ3) is 2.84. The van der Waals surface area contributed by atoms with Gasteiger partial charge in [0.25, 0.3) is 0 Å². The highest BCUT2D eigenvalue weighted by molar-refractivity contribution is 5.53. The second-order valence-corrected chi connectivity index (χ2v) is 9.25. The van der Waals surface area contributed by atoms with Crippen molar-refractivity contribution in [2.75, 3.05) is 47.3 Å². The van der Waals surface area contributed by atoms with Crippen LogP contribution in [0, 0.1) is 11.3 Å². The molecular weight excluding hydrogens is 386 g/mol. The van der Waals surface area contributed by atoms with Crippen molar-refractivity contribution in [1.29, 1.82) is 0 Å². The molecule has 0 amide bonds. The zero-order valence-corrected chi connectivity index (χ0v) is 17.8. The first-order valence-corrected chi connectivity index (χ1v) is 11.0. The number of nitrogens with zero attached hydrogens (tertiary/aromatic N) is 1. The Kier molecular flexibility index (Phi) is 5.42. The number of aliphatic hydroxyl groups excluding tert-OH is 2. The highest BCUT2D eigenvalue weighted by Gasteiger charge is 2.71. The molecule has 0 radical (unpaired) electrons. The Labute approximate surface area is 177 Å². The number of ether oxygens (including phenoxy) is 4. The van der Waals surface area contributed by atoms with Crippen LogP contribution in [0.5, 0.6) is 0 Å². The topological polar surface area (TPSA) is 80.6 Å². The van der Waals surface area contributed by atoms with Crippen molar-refractivity contribution in [3.8, 4) is 0 Å². The highest BCUT2D eigenvalue weighted by atomic mass is 16.7. The molecule has 0 saturated carbocycles. The molecule has 1 spiro atoms. The van der Waals surface area contributed by atoms with Crippen LogP contribution in [-0.4, -0.2) is 92.4 Å². The lowest BCUT2D eigenvalue weighted by molar-refractivity contribution is -0.152. The first-order chi connectivity index (χ1) is 14.5. The number of hydrogen-bond acceptors (Lipinski definition) is 7. The van der Waals surface area contributed by atoms with Crippen molar-refractivity contribution in [3.63, 3.8) is 0 Å². The van der Waals surface area contributed by atoms with Crippen molar-refractivity contribution in [2.45, 2.75) is 49.2 Å². The second kappa shape index (κ2) is 7.81. The average Bonchev–Trinajstić information content (AvgIpc) is 3.05. The minimum Gasteiger partial charge on any atom is -0.386 e. The van der Waals surface area contributed by atoms with E-state index < -0.39 is 17.8 Å². The summed E-state index contributed by atoms with van der Waals surface area (Å²) in [4.78, 5) is 2.44. The number of piperidine rings is 1. The maximum Gasteiger partial charge on any atom is 0.146 e. The van der Waals surface area contributed by atoms with E-state index >= 15 is 0 Å². The molecule has 7 nitrogen and oxygen atoms in total. The van der Waals surface area contributed by atoms with Gasteiger partial charge in [-0.2, -0.15) is 0 Å². The van der Waals surface area contributed by atoms with Gasteiger partial charge in [0.1, 0.15) is 18.5 Å². The van der Waals surface area contributed by atoms with Gasteiger partial charge in [-0.15, -0.1) is 0 Å². The van der Waals surface area contributed by atoms with Crippen LogP contribution in [0.15, 0.2) is 35.5 Å². The lowest BCUT2D eigenvalue weighted by atomic mass is 9.50. The maximum atomic E-state index is 11.1. The first kappa shape index (κ1) is 20.8. The predicted octanol–water partition coefficient (Wildman–Crippen LogP) is 1.02. The Morgan fingerprint density at radius 1 is 1.17 bits per heavy atom. The Morgan fingerprint density at radius 2 is 2.00 bits per heavy atom. The van der Waals surface area contributed by atoms with Crippen LogP contribution in [0.3, 0.4) is 0 Å². The second-order valence-electron chi connectivity index (χ2n) is 9.25. The Balaban J connectivity index is 1.45. The van der Waals surface area contributed by atoms with Gasteiger partial charge in [0.05, 0.1) is 32.0 Å². The summed E-state index contributed by atoms with van der Waals surface area (Å²) in [5, 5.41) is 22.1. The summed E-state index contributed by atoms with van der Waals surface area (Å²) >= 11 is 0. The molecule has 30 heavy (non-hydrogen) atoms. The zero-order chi connectivity index (χ0) is 20.9. The van der Waals surface area contributed by atoms with E-state index in [0.717, 1.165) is 19.4 Å². The summed E-state index contributed by atoms with van der Waals surface area (Å²) in [7, 11) is 3.83. The van der Waals surface area contributed by atoms with Gasteiger partial charge in [0.2, 0.25) is 0 Å². The SMILES string of the molecule is COCCOCOCCC12O[C@H]3[C@@H](O)C=C[C@H]4[C@H]5CC(=C1[C@]43CCN5C)C=CC2O. The molecule has 3 aliphatic carbocycles. The molecule has 2 bridgehead atoms. The molecular formula is C23H33NO6. The smallest absolute Gasteiger partial charge is 0.146 e. The van der Waals surface area contributed by atoms with E-state index in [0.29, 0.717) is 38.2 Å². The predicted molar refractivity (Wildman–Crippen MR) is 110 cm³/mol. The van der Waals surface area contributed by atoms with Crippen molar-refractivity contribution >= 4 is 0 Å². The van der Waals surface area contributed by atoms with E-state index in [1.54, 1.807) is 7.11 Å². The highest BCUT2D eigenvalue weighted by Crippen LogP contribution is 2.67. The van der Waals surface area contributed by atoms with Gasteiger partial charge in [0, 0.05) is 30.9 Å². The Bertz CT molecular complexity index is 765. The fourth-order valence-corrected chi connectivity index (χ4v) is 6.66. The monoisotopic (exact) mass is 419 g/mol. The van der Waals surface area contributed by atoms with Crippen LogP contribution in [0.25, 0.3) is 0 Å². The van der Waals surface area contributed by atoms with E-state index in [2.05, 4.69) is 24.1 Å². The average molecular weight is 420 g/mol. The number of allylic oxidation sites excluding steroid dienone is 1. The summed E-state index contributed by atoms with van der Waals surface area (Å²) in [6.45, 7) is 2.58. The molecule has 0 aromatic heterocycles. The molecule has 5 aliphatic rings. The largest absolute Gasteiger partial charge is 0.386 e. The van der Waals surface area contributed by atoms with Gasteiger partial charge in [0.15, 0.2) is 0 Å². The van der Waals surface area contributed by atoms with Crippen LogP contribution in [0.2, 0.25) is 0 Å². The van der Waals surface area contributed by atoms with E-state index in [1.807, 2.05) is 12.2 Å². The quantitative estimate of drug-likeness (QED) is 0.345. The summed E-state index contributed by atoms with van der Waals surface area (Å²) in [6, 6.07) is 0.397. The number of methoxy groups -OCH3 is 1. The lowest BCUT2D eigenvalue weighted by Gasteiger charge is -2.58. The maximum absolute atomic E-state index is 11.1. The summed E-state index contributed by atoms with van der Waals surface area (Å²) in [5.41, 5.74) is 1.40. The van der Waals surface area contributed by atoms with Crippen LogP contribution >= 0.6 is 0 Å². The summed E-state index contributed by atoms with van der Waals surface area (Å²) in [5.74, 6) is 0.294.